The van der Waals surface area contributed by atoms with Gasteiger partial charge in [0, 0.05) is 27.2 Å². The summed E-state index contributed by atoms with van der Waals surface area (Å²) in [6.07, 6.45) is 0. The van der Waals surface area contributed by atoms with Crippen LogP contribution in [0.25, 0.3) is 22.2 Å². The first-order valence-corrected chi connectivity index (χ1v) is 5.55. The number of benzene rings is 2. The van der Waals surface area contributed by atoms with E-state index in [4.69, 9.17) is 11.6 Å². The predicted octanol–water partition coefficient (Wildman–Crippen LogP) is 4.55. The molecule has 1 unspecified atom stereocenters. The van der Waals surface area contributed by atoms with Gasteiger partial charge >= 0.3 is 0 Å². The molecule has 17 heavy (non-hydrogen) atoms. The summed E-state index contributed by atoms with van der Waals surface area (Å²) in [5.41, 5.74) is 3.24. The van der Waals surface area contributed by atoms with Crippen LogP contribution in [0.4, 0.5) is 0 Å². The number of halogens is 1. The lowest BCUT2D eigenvalue weighted by Gasteiger charge is -1.99. The van der Waals surface area contributed by atoms with Crippen LogP contribution < -0.4 is 0 Å². The van der Waals surface area contributed by atoms with E-state index in [0.29, 0.717) is 0 Å². The molecule has 1 heterocycles. The Hall–Kier alpha value is -1.30. The summed E-state index contributed by atoms with van der Waals surface area (Å²) in [5, 5.41) is 1.98. The highest BCUT2D eigenvalue weighted by Gasteiger charge is 2.05. The highest BCUT2D eigenvalue weighted by molar-refractivity contribution is 6.92. The number of rotatable bonds is 1. The molecule has 0 amide bonds. The van der Waals surface area contributed by atoms with Crippen molar-refractivity contribution in [2.45, 2.75) is 0 Å². The Morgan fingerprint density at radius 1 is 0.882 bits per heavy atom. The standard InChI is InChI=1S/C14H10ClN.H3P/c15-12-7-3-2-6-11(12)14-9-10-5-1-4-8-13(10)16-14;/h1-9,16H;1H3. The molecule has 0 bridgehead atoms. The maximum absolute atomic E-state index is 6.17. The largest absolute Gasteiger partial charge is 0.354 e. The number of hydrogen-bond donors (Lipinski definition) is 1. The van der Waals surface area contributed by atoms with Crippen LogP contribution in [0.1, 0.15) is 0 Å². The van der Waals surface area contributed by atoms with Crippen molar-refractivity contribution in [2.75, 3.05) is 0 Å². The molecule has 3 aromatic rings. The molecule has 1 aromatic heterocycles. The van der Waals surface area contributed by atoms with Crippen molar-refractivity contribution in [3.8, 4) is 11.3 Å². The van der Waals surface area contributed by atoms with Gasteiger partial charge in [0.15, 0.2) is 0 Å². The highest BCUT2D eigenvalue weighted by Crippen LogP contribution is 2.29. The average Bonchev–Trinajstić information content (AvgIpc) is 2.73. The van der Waals surface area contributed by atoms with Crippen molar-refractivity contribution >= 4 is 32.4 Å². The second-order valence-corrected chi connectivity index (χ2v) is 4.16. The maximum atomic E-state index is 6.17. The molecule has 1 atom stereocenters. The monoisotopic (exact) mass is 261 g/mol. The number of para-hydroxylation sites is 1. The molecule has 0 radical (unpaired) electrons. The minimum absolute atomic E-state index is 0. The van der Waals surface area contributed by atoms with Crippen molar-refractivity contribution in [3.05, 3.63) is 59.6 Å². The molecule has 1 N–H and O–H groups in total. The normalized spacial score (nSPS) is 10.2. The first-order chi connectivity index (χ1) is 7.84. The zero-order chi connectivity index (χ0) is 11.0. The molecule has 0 aliphatic carbocycles. The van der Waals surface area contributed by atoms with Crippen molar-refractivity contribution in [3.63, 3.8) is 0 Å². The van der Waals surface area contributed by atoms with Crippen LogP contribution in [-0.2, 0) is 0 Å². The van der Waals surface area contributed by atoms with Gasteiger partial charge < -0.3 is 4.98 Å². The fourth-order valence-corrected chi connectivity index (χ4v) is 2.14. The van der Waals surface area contributed by atoms with E-state index in [1.807, 2.05) is 36.4 Å². The number of fused-ring (bicyclic) bond motifs is 1. The number of H-pyrrole nitrogens is 1. The third kappa shape index (κ3) is 2.22. The van der Waals surface area contributed by atoms with E-state index >= 15 is 0 Å². The van der Waals surface area contributed by atoms with Gasteiger partial charge in [-0.15, -0.1) is 0 Å². The van der Waals surface area contributed by atoms with E-state index in [-0.39, 0.29) is 9.90 Å². The van der Waals surface area contributed by atoms with Gasteiger partial charge in [-0.25, -0.2) is 0 Å². The lowest BCUT2D eigenvalue weighted by Crippen LogP contribution is -1.77. The van der Waals surface area contributed by atoms with Crippen LogP contribution >= 0.6 is 21.5 Å². The predicted molar refractivity (Wildman–Crippen MR) is 79.8 cm³/mol. The first kappa shape index (κ1) is 12.2. The minimum atomic E-state index is 0. The van der Waals surface area contributed by atoms with Gasteiger partial charge in [-0.05, 0) is 18.2 Å². The molecule has 0 aliphatic rings. The van der Waals surface area contributed by atoms with Gasteiger partial charge in [0.05, 0.1) is 0 Å². The van der Waals surface area contributed by atoms with Crippen LogP contribution in [0.3, 0.4) is 0 Å². The van der Waals surface area contributed by atoms with Gasteiger partial charge in [0.2, 0.25) is 0 Å². The summed E-state index contributed by atoms with van der Waals surface area (Å²) >= 11 is 6.17. The summed E-state index contributed by atoms with van der Waals surface area (Å²) in [6.45, 7) is 0. The van der Waals surface area contributed by atoms with Crippen LogP contribution in [0.5, 0.6) is 0 Å². The third-order valence-electron chi connectivity index (χ3n) is 2.69. The van der Waals surface area contributed by atoms with Gasteiger partial charge in [0.25, 0.3) is 0 Å². The van der Waals surface area contributed by atoms with E-state index in [1.54, 1.807) is 0 Å². The van der Waals surface area contributed by atoms with E-state index in [0.717, 1.165) is 21.8 Å². The number of hydrogen-bond acceptors (Lipinski definition) is 0. The molecule has 0 aliphatic heterocycles. The molecule has 1 nitrogen and oxygen atoms in total. The van der Waals surface area contributed by atoms with E-state index in [9.17, 15) is 0 Å². The van der Waals surface area contributed by atoms with Crippen molar-refractivity contribution in [2.24, 2.45) is 0 Å². The van der Waals surface area contributed by atoms with Gasteiger partial charge in [-0.1, -0.05) is 48.0 Å². The first-order valence-electron chi connectivity index (χ1n) is 5.17. The van der Waals surface area contributed by atoms with Crippen LogP contribution in [-0.4, -0.2) is 4.98 Å². The quantitative estimate of drug-likeness (QED) is 0.619. The maximum Gasteiger partial charge on any atom is 0.0499 e. The van der Waals surface area contributed by atoms with Crippen molar-refractivity contribution in [1.82, 2.24) is 4.98 Å². The Morgan fingerprint density at radius 3 is 2.35 bits per heavy atom. The van der Waals surface area contributed by atoms with E-state index in [2.05, 4.69) is 23.2 Å². The van der Waals surface area contributed by atoms with Gasteiger partial charge in [0.1, 0.15) is 0 Å². The van der Waals surface area contributed by atoms with Crippen LogP contribution in [0.2, 0.25) is 5.02 Å². The van der Waals surface area contributed by atoms with Gasteiger partial charge in [-0.2, -0.15) is 9.90 Å². The molecule has 0 saturated heterocycles. The second kappa shape index (κ2) is 4.91. The molecule has 0 spiro atoms. The lowest BCUT2D eigenvalue weighted by atomic mass is 10.1. The highest BCUT2D eigenvalue weighted by atomic mass is 35.5. The third-order valence-corrected chi connectivity index (χ3v) is 3.02. The summed E-state index contributed by atoms with van der Waals surface area (Å²) in [4.78, 5) is 3.37. The average molecular weight is 262 g/mol. The summed E-state index contributed by atoms with van der Waals surface area (Å²) in [6, 6.07) is 18.2. The number of nitrogens with one attached hydrogen (secondary N) is 1. The van der Waals surface area contributed by atoms with Crippen molar-refractivity contribution < 1.29 is 0 Å². The molecule has 86 valence electrons. The zero-order valence-electron chi connectivity index (χ0n) is 9.28. The van der Waals surface area contributed by atoms with Crippen molar-refractivity contribution in [1.29, 1.82) is 0 Å². The lowest BCUT2D eigenvalue weighted by molar-refractivity contribution is 1.45. The summed E-state index contributed by atoms with van der Waals surface area (Å²) in [5.74, 6) is 0. The minimum Gasteiger partial charge on any atom is -0.354 e. The molecule has 0 saturated carbocycles. The second-order valence-electron chi connectivity index (χ2n) is 3.75. The van der Waals surface area contributed by atoms with Crippen LogP contribution in [0.15, 0.2) is 54.6 Å². The summed E-state index contributed by atoms with van der Waals surface area (Å²) < 4.78 is 0. The molecular formula is C14H13ClNP. The molecular weight excluding hydrogens is 249 g/mol. The Balaban J connectivity index is 0.00000108. The van der Waals surface area contributed by atoms with Crippen LogP contribution in [0, 0.1) is 0 Å². The zero-order valence-corrected chi connectivity index (χ0v) is 11.5. The van der Waals surface area contributed by atoms with E-state index < -0.39 is 0 Å². The Kier molecular flexibility index (Phi) is 3.51. The molecule has 2 aromatic carbocycles. The number of aromatic amines is 1. The summed E-state index contributed by atoms with van der Waals surface area (Å²) in [7, 11) is 0. The Labute approximate surface area is 108 Å². The smallest absolute Gasteiger partial charge is 0.0499 e. The SMILES string of the molecule is Clc1ccccc1-c1cc2ccccc2[nH]1.P. The number of aromatic nitrogens is 1. The van der Waals surface area contributed by atoms with Gasteiger partial charge in [-0.3, -0.25) is 0 Å². The molecule has 3 heteroatoms. The Morgan fingerprint density at radius 2 is 1.59 bits per heavy atom. The topological polar surface area (TPSA) is 15.8 Å². The fraction of sp³-hybridized carbons (Fsp3) is 0. The Bertz CT molecular complexity index is 612. The van der Waals surface area contributed by atoms with E-state index in [1.165, 1.54) is 5.39 Å². The molecule has 3 rings (SSSR count). The molecule has 0 fully saturated rings. The fourth-order valence-electron chi connectivity index (χ4n) is 1.90.